The second-order valence-corrected chi connectivity index (χ2v) is 6.20. The molecule has 0 spiro atoms. The van der Waals surface area contributed by atoms with E-state index >= 15 is 0 Å². The van der Waals surface area contributed by atoms with Crippen LogP contribution in [-0.4, -0.2) is 44.8 Å². The highest BCUT2D eigenvalue weighted by atomic mass is 35.5. The molecule has 0 saturated carbocycles. The quantitative estimate of drug-likeness (QED) is 0.865. The lowest BCUT2D eigenvalue weighted by molar-refractivity contribution is -0.147. The summed E-state index contributed by atoms with van der Waals surface area (Å²) in [6, 6.07) is 7.19. The molecule has 7 heteroatoms. The lowest BCUT2D eigenvalue weighted by Gasteiger charge is -2.39. The van der Waals surface area contributed by atoms with Gasteiger partial charge < -0.3 is 9.64 Å². The van der Waals surface area contributed by atoms with Gasteiger partial charge in [0.05, 0.1) is 19.2 Å². The van der Waals surface area contributed by atoms with E-state index < -0.39 is 6.04 Å². The van der Waals surface area contributed by atoms with Crippen molar-refractivity contribution in [3.63, 3.8) is 0 Å². The van der Waals surface area contributed by atoms with Crippen LogP contribution in [0.25, 0.3) is 0 Å². The van der Waals surface area contributed by atoms with Crippen molar-refractivity contribution in [1.29, 1.82) is 0 Å². The zero-order chi connectivity index (χ0) is 16.4. The summed E-state index contributed by atoms with van der Waals surface area (Å²) in [5.74, 6) is 0.0123. The molecule has 1 saturated heterocycles. The summed E-state index contributed by atoms with van der Waals surface area (Å²) in [6.45, 7) is 4.81. The molecule has 1 aliphatic heterocycles. The standard InChI is InChI=1S/C16H19ClN4O2/c1-11-8-23-15(13-4-3-5-14(17)6-13)7-20(11)16(22)12(2)21-10-18-9-19-21/h3-6,9-12,15H,7-8H2,1-2H3. The number of rotatable bonds is 3. The summed E-state index contributed by atoms with van der Waals surface area (Å²) >= 11 is 6.06. The first-order chi connectivity index (χ1) is 11.1. The molecule has 1 amide bonds. The van der Waals surface area contributed by atoms with Crippen LogP contribution < -0.4 is 0 Å². The number of carbonyl (C=O) groups is 1. The van der Waals surface area contributed by atoms with E-state index in [-0.39, 0.29) is 18.1 Å². The minimum absolute atomic E-state index is 0.0123. The van der Waals surface area contributed by atoms with E-state index in [0.29, 0.717) is 18.2 Å². The molecule has 0 radical (unpaired) electrons. The first-order valence-corrected chi connectivity index (χ1v) is 7.95. The fourth-order valence-electron chi connectivity index (χ4n) is 2.74. The third kappa shape index (κ3) is 3.38. The maximum absolute atomic E-state index is 12.8. The van der Waals surface area contributed by atoms with Crippen LogP contribution in [0.4, 0.5) is 0 Å². The van der Waals surface area contributed by atoms with Crippen molar-refractivity contribution in [1.82, 2.24) is 19.7 Å². The second-order valence-electron chi connectivity index (χ2n) is 5.77. The van der Waals surface area contributed by atoms with Crippen LogP contribution in [0.2, 0.25) is 5.02 Å². The third-order valence-corrected chi connectivity index (χ3v) is 4.36. The zero-order valence-corrected chi connectivity index (χ0v) is 13.8. The normalized spacial score (nSPS) is 22.8. The van der Waals surface area contributed by atoms with E-state index in [1.165, 1.54) is 6.33 Å². The van der Waals surface area contributed by atoms with Crippen molar-refractivity contribution in [2.45, 2.75) is 32.0 Å². The molecular formula is C16H19ClN4O2. The number of aromatic nitrogens is 3. The molecule has 122 valence electrons. The summed E-state index contributed by atoms with van der Waals surface area (Å²) in [5, 5.41) is 4.72. The third-order valence-electron chi connectivity index (χ3n) is 4.13. The fourth-order valence-corrected chi connectivity index (χ4v) is 2.94. The van der Waals surface area contributed by atoms with E-state index in [0.717, 1.165) is 5.56 Å². The van der Waals surface area contributed by atoms with E-state index in [9.17, 15) is 4.79 Å². The number of carbonyl (C=O) groups excluding carboxylic acids is 1. The van der Waals surface area contributed by atoms with Gasteiger partial charge in [0.15, 0.2) is 0 Å². The lowest BCUT2D eigenvalue weighted by Crippen LogP contribution is -2.50. The van der Waals surface area contributed by atoms with Gasteiger partial charge in [-0.25, -0.2) is 9.67 Å². The Morgan fingerprint density at radius 2 is 2.30 bits per heavy atom. The molecule has 0 aliphatic carbocycles. The molecule has 0 N–H and O–H groups in total. The van der Waals surface area contributed by atoms with E-state index in [1.54, 1.807) is 11.0 Å². The number of hydrogen-bond donors (Lipinski definition) is 0. The molecule has 2 heterocycles. The molecule has 3 rings (SSSR count). The Bertz CT molecular complexity index is 676. The van der Waals surface area contributed by atoms with Crippen LogP contribution in [0, 0.1) is 0 Å². The van der Waals surface area contributed by atoms with Gasteiger partial charge in [-0.05, 0) is 31.5 Å². The average Bonchev–Trinajstić information content (AvgIpc) is 3.08. The van der Waals surface area contributed by atoms with Gasteiger partial charge in [0, 0.05) is 5.02 Å². The Labute approximate surface area is 140 Å². The van der Waals surface area contributed by atoms with Crippen LogP contribution in [0.15, 0.2) is 36.9 Å². The Morgan fingerprint density at radius 1 is 1.48 bits per heavy atom. The second kappa shape index (κ2) is 6.68. The summed E-state index contributed by atoms with van der Waals surface area (Å²) < 4.78 is 7.46. The highest BCUT2D eigenvalue weighted by Crippen LogP contribution is 2.28. The van der Waals surface area contributed by atoms with Gasteiger partial charge >= 0.3 is 0 Å². The van der Waals surface area contributed by atoms with Gasteiger partial charge in [0.1, 0.15) is 24.8 Å². The topological polar surface area (TPSA) is 60.2 Å². The van der Waals surface area contributed by atoms with Gasteiger partial charge in [0.25, 0.3) is 0 Å². The maximum atomic E-state index is 12.8. The molecule has 1 fully saturated rings. The molecule has 1 aliphatic rings. The first kappa shape index (κ1) is 16.0. The van der Waals surface area contributed by atoms with Crippen molar-refractivity contribution in [3.8, 4) is 0 Å². The van der Waals surface area contributed by atoms with Gasteiger partial charge in [-0.2, -0.15) is 5.10 Å². The number of benzene rings is 1. The average molecular weight is 335 g/mol. The molecule has 1 aromatic carbocycles. The highest BCUT2D eigenvalue weighted by Gasteiger charge is 2.33. The molecule has 6 nitrogen and oxygen atoms in total. The monoisotopic (exact) mass is 334 g/mol. The Kier molecular flexibility index (Phi) is 4.63. The van der Waals surface area contributed by atoms with E-state index in [1.807, 2.05) is 43.0 Å². The molecule has 2 aromatic rings. The number of halogens is 1. The van der Waals surface area contributed by atoms with Crippen molar-refractivity contribution in [3.05, 3.63) is 47.5 Å². The molecule has 0 bridgehead atoms. The Morgan fingerprint density at radius 3 is 3.00 bits per heavy atom. The number of amides is 1. The summed E-state index contributed by atoms with van der Waals surface area (Å²) in [4.78, 5) is 18.6. The number of nitrogens with zero attached hydrogens (tertiary/aromatic N) is 4. The Hall–Kier alpha value is -1.92. The van der Waals surface area contributed by atoms with Gasteiger partial charge in [0.2, 0.25) is 5.91 Å². The fraction of sp³-hybridized carbons (Fsp3) is 0.438. The predicted octanol–water partition coefficient (Wildman–Crippen LogP) is 2.48. The molecular weight excluding hydrogens is 316 g/mol. The van der Waals surface area contributed by atoms with Crippen LogP contribution in [0.5, 0.6) is 0 Å². The largest absolute Gasteiger partial charge is 0.370 e. The van der Waals surface area contributed by atoms with Gasteiger partial charge in [-0.3, -0.25) is 4.79 Å². The highest BCUT2D eigenvalue weighted by molar-refractivity contribution is 6.30. The molecule has 3 atom stereocenters. The van der Waals surface area contributed by atoms with Crippen molar-refractivity contribution in [2.75, 3.05) is 13.2 Å². The Balaban J connectivity index is 1.77. The van der Waals surface area contributed by atoms with Crippen LogP contribution in [0.1, 0.15) is 31.6 Å². The van der Waals surface area contributed by atoms with Crippen molar-refractivity contribution in [2.24, 2.45) is 0 Å². The maximum Gasteiger partial charge on any atom is 0.247 e. The smallest absolute Gasteiger partial charge is 0.247 e. The zero-order valence-electron chi connectivity index (χ0n) is 13.1. The molecule has 1 aromatic heterocycles. The summed E-state index contributed by atoms with van der Waals surface area (Å²) in [7, 11) is 0. The van der Waals surface area contributed by atoms with Crippen LogP contribution in [0.3, 0.4) is 0 Å². The summed E-state index contributed by atoms with van der Waals surface area (Å²) in [6.07, 6.45) is 2.82. The first-order valence-electron chi connectivity index (χ1n) is 7.58. The van der Waals surface area contributed by atoms with Gasteiger partial charge in [-0.1, -0.05) is 23.7 Å². The minimum atomic E-state index is -0.391. The SMILES string of the molecule is CC1COC(c2cccc(Cl)c2)CN1C(=O)C(C)n1cncn1. The summed E-state index contributed by atoms with van der Waals surface area (Å²) in [5.41, 5.74) is 0.982. The van der Waals surface area contributed by atoms with E-state index in [2.05, 4.69) is 10.1 Å². The molecule has 3 unspecified atom stereocenters. The van der Waals surface area contributed by atoms with Crippen molar-refractivity contribution < 1.29 is 9.53 Å². The number of hydrogen-bond acceptors (Lipinski definition) is 4. The number of morpholine rings is 1. The minimum Gasteiger partial charge on any atom is -0.370 e. The molecule has 23 heavy (non-hydrogen) atoms. The number of ether oxygens (including phenoxy) is 1. The van der Waals surface area contributed by atoms with Crippen molar-refractivity contribution >= 4 is 17.5 Å². The lowest BCUT2D eigenvalue weighted by atomic mass is 10.1. The van der Waals surface area contributed by atoms with E-state index in [4.69, 9.17) is 16.3 Å². The predicted molar refractivity (Wildman–Crippen MR) is 86.1 cm³/mol. The van der Waals surface area contributed by atoms with Crippen LogP contribution >= 0.6 is 11.6 Å². The van der Waals surface area contributed by atoms with Gasteiger partial charge in [-0.15, -0.1) is 0 Å². The van der Waals surface area contributed by atoms with Crippen LogP contribution in [-0.2, 0) is 9.53 Å².